The Morgan fingerprint density at radius 1 is 1.16 bits per heavy atom. The first-order valence-corrected chi connectivity index (χ1v) is 12.4. The molecule has 1 unspecified atom stereocenters. The normalized spacial score (nSPS) is 15.0. The van der Waals surface area contributed by atoms with E-state index in [1.165, 1.54) is 0 Å². The lowest BCUT2D eigenvalue weighted by atomic mass is 10.1. The van der Waals surface area contributed by atoms with E-state index >= 15 is 0 Å². The van der Waals surface area contributed by atoms with Gasteiger partial charge in [0.1, 0.15) is 24.3 Å². The van der Waals surface area contributed by atoms with Gasteiger partial charge in [-0.05, 0) is 54.0 Å². The molecule has 0 radical (unpaired) electrons. The van der Waals surface area contributed by atoms with Gasteiger partial charge in [0.2, 0.25) is 0 Å². The van der Waals surface area contributed by atoms with Gasteiger partial charge in [0.15, 0.2) is 0 Å². The number of nitrogens with zero attached hydrogens (tertiary/aromatic N) is 3. The number of benzene rings is 2. The molecule has 0 bridgehead atoms. The van der Waals surface area contributed by atoms with Gasteiger partial charge in [0, 0.05) is 31.1 Å². The molecule has 2 heterocycles. The third kappa shape index (κ3) is 7.45. The maximum absolute atomic E-state index is 12.8. The molecule has 1 atom stereocenters. The fraction of sp³-hybridized carbons (Fsp3) is 0.286. The highest BCUT2D eigenvalue weighted by atomic mass is 35.5. The van der Waals surface area contributed by atoms with Gasteiger partial charge in [0.25, 0.3) is 5.91 Å². The fourth-order valence-electron chi connectivity index (χ4n) is 3.94. The number of allylic oxidation sites excluding steroid dienone is 2. The van der Waals surface area contributed by atoms with Crippen LogP contribution in [0.25, 0.3) is 0 Å². The number of aliphatic hydroxyl groups is 1. The van der Waals surface area contributed by atoms with Gasteiger partial charge in [-0.15, -0.1) is 0 Å². The third-order valence-electron chi connectivity index (χ3n) is 5.83. The van der Waals surface area contributed by atoms with Gasteiger partial charge in [-0.3, -0.25) is 9.48 Å². The second-order valence-corrected chi connectivity index (χ2v) is 9.25. The van der Waals surface area contributed by atoms with Crippen molar-refractivity contribution in [3.63, 3.8) is 0 Å². The van der Waals surface area contributed by atoms with Crippen molar-refractivity contribution in [1.82, 2.24) is 20.0 Å². The molecule has 1 aromatic heterocycles. The lowest BCUT2D eigenvalue weighted by Gasteiger charge is -2.27. The molecule has 8 nitrogen and oxygen atoms in total. The van der Waals surface area contributed by atoms with Crippen LogP contribution in [0.4, 0.5) is 0 Å². The summed E-state index contributed by atoms with van der Waals surface area (Å²) in [7, 11) is 1.57. The summed E-state index contributed by atoms with van der Waals surface area (Å²) in [5.41, 5.74) is 4.21. The molecule has 1 aliphatic rings. The summed E-state index contributed by atoms with van der Waals surface area (Å²) >= 11 is 5.97. The van der Waals surface area contributed by atoms with E-state index in [-0.39, 0.29) is 12.5 Å². The van der Waals surface area contributed by atoms with E-state index in [2.05, 4.69) is 10.4 Å². The van der Waals surface area contributed by atoms with Crippen LogP contribution in [0.15, 0.2) is 78.7 Å². The molecule has 2 aromatic carbocycles. The number of carbonyl (C=O) groups is 1. The fourth-order valence-corrected chi connectivity index (χ4v) is 4.12. The molecule has 1 amide bonds. The van der Waals surface area contributed by atoms with Crippen molar-refractivity contribution >= 4 is 17.5 Å². The lowest BCUT2D eigenvalue weighted by molar-refractivity contribution is 0.0714. The highest BCUT2D eigenvalue weighted by Gasteiger charge is 2.17. The number of halogens is 1. The number of ether oxygens (including phenoxy) is 2. The molecule has 0 aliphatic carbocycles. The maximum Gasteiger partial charge on any atom is 0.254 e. The molecule has 4 rings (SSSR count). The van der Waals surface area contributed by atoms with Gasteiger partial charge in [-0.25, -0.2) is 0 Å². The molecule has 194 valence electrons. The van der Waals surface area contributed by atoms with Crippen molar-refractivity contribution in [2.45, 2.75) is 32.8 Å². The monoisotopic (exact) mass is 522 g/mol. The largest absolute Gasteiger partial charge is 0.492 e. The number of methoxy groups -OCH3 is 1. The number of hydrogen-bond donors (Lipinski definition) is 2. The molecule has 0 spiro atoms. The molecular formula is C28H31ClN4O4. The summed E-state index contributed by atoms with van der Waals surface area (Å²) in [6.45, 7) is 3.95. The van der Waals surface area contributed by atoms with Gasteiger partial charge in [0.05, 0.1) is 25.3 Å². The zero-order chi connectivity index (χ0) is 26.2. The molecule has 0 saturated heterocycles. The zero-order valence-electron chi connectivity index (χ0n) is 20.9. The Bertz CT molecular complexity index is 1270. The quantitative estimate of drug-likeness (QED) is 0.368. The first-order valence-electron chi connectivity index (χ1n) is 12.0. The van der Waals surface area contributed by atoms with Crippen LogP contribution in [0.2, 0.25) is 5.02 Å². The Hall–Kier alpha value is -3.59. The van der Waals surface area contributed by atoms with Crippen LogP contribution in [-0.2, 0) is 24.4 Å². The van der Waals surface area contributed by atoms with Crippen molar-refractivity contribution in [3.05, 3.63) is 106 Å². The second-order valence-electron chi connectivity index (χ2n) is 8.81. The Morgan fingerprint density at radius 3 is 2.62 bits per heavy atom. The maximum atomic E-state index is 12.8. The average Bonchev–Trinajstić information content (AvgIpc) is 3.27. The first kappa shape index (κ1) is 26.5. The number of nitrogens with one attached hydrogen (secondary N) is 1. The number of rotatable bonds is 11. The summed E-state index contributed by atoms with van der Waals surface area (Å²) < 4.78 is 12.6. The minimum absolute atomic E-state index is 0.229. The van der Waals surface area contributed by atoms with Gasteiger partial charge in [-0.1, -0.05) is 41.9 Å². The molecule has 0 saturated carbocycles. The van der Waals surface area contributed by atoms with Gasteiger partial charge < -0.3 is 24.8 Å². The van der Waals surface area contributed by atoms with Crippen LogP contribution in [0, 0.1) is 0 Å². The van der Waals surface area contributed by atoms with E-state index in [0.717, 1.165) is 16.7 Å². The Labute approximate surface area is 221 Å². The molecule has 2 N–H and O–H groups in total. The predicted octanol–water partition coefficient (Wildman–Crippen LogP) is 4.13. The average molecular weight is 523 g/mol. The Balaban J connectivity index is 1.33. The molecule has 9 heteroatoms. The van der Waals surface area contributed by atoms with E-state index in [9.17, 15) is 9.90 Å². The van der Waals surface area contributed by atoms with Crippen LogP contribution in [0.5, 0.6) is 5.75 Å². The van der Waals surface area contributed by atoms with E-state index in [1.807, 2.05) is 66.6 Å². The molecule has 3 aromatic rings. The standard InChI is InChI=1S/C28H31ClN4O4/c1-20-10-12-32(27(34)14-20)16-21-6-8-22(9-7-21)17-33-18-25(26(31-33)19-36-2)28(35)30-11-13-37-24-5-3-4-23(29)15-24/h3-10,12,14-15,18,27,34H,11,13,16-17,19H2,1-2H3,(H,30,35). The minimum Gasteiger partial charge on any atom is -0.492 e. The predicted molar refractivity (Wildman–Crippen MR) is 142 cm³/mol. The summed E-state index contributed by atoms with van der Waals surface area (Å²) in [6, 6.07) is 15.3. The van der Waals surface area contributed by atoms with Crippen molar-refractivity contribution in [2.75, 3.05) is 20.3 Å². The number of aromatic nitrogens is 2. The number of carbonyl (C=O) groups excluding carboxylic acids is 1. The van der Waals surface area contributed by atoms with Crippen LogP contribution >= 0.6 is 11.6 Å². The summed E-state index contributed by atoms with van der Waals surface area (Å²) in [5, 5.41) is 18.3. The lowest BCUT2D eigenvalue weighted by Crippen LogP contribution is -2.30. The van der Waals surface area contributed by atoms with E-state index in [1.54, 1.807) is 30.1 Å². The molecule has 0 fully saturated rings. The van der Waals surface area contributed by atoms with Crippen molar-refractivity contribution in [3.8, 4) is 5.75 Å². The van der Waals surface area contributed by atoms with Crippen LogP contribution < -0.4 is 10.1 Å². The SMILES string of the molecule is COCc1nn(Cc2ccc(CN3C=CC(C)=CC3O)cc2)cc1C(=O)NCCOc1cccc(Cl)c1. The second kappa shape index (κ2) is 12.6. The van der Waals surface area contributed by atoms with Crippen molar-refractivity contribution < 1.29 is 19.4 Å². The van der Waals surface area contributed by atoms with Crippen LogP contribution in [-0.4, -0.2) is 52.2 Å². The van der Waals surface area contributed by atoms with Crippen LogP contribution in [0.1, 0.15) is 34.1 Å². The summed E-state index contributed by atoms with van der Waals surface area (Å²) in [6.07, 6.45) is 6.82. The highest BCUT2D eigenvalue weighted by molar-refractivity contribution is 6.30. The van der Waals surface area contributed by atoms with Crippen molar-refractivity contribution in [2.24, 2.45) is 0 Å². The molecular weight excluding hydrogens is 492 g/mol. The van der Waals surface area contributed by atoms with Gasteiger partial charge >= 0.3 is 0 Å². The third-order valence-corrected chi connectivity index (χ3v) is 6.06. The molecule has 37 heavy (non-hydrogen) atoms. The van der Waals surface area contributed by atoms with E-state index < -0.39 is 6.23 Å². The van der Waals surface area contributed by atoms with Crippen molar-refractivity contribution in [1.29, 1.82) is 0 Å². The zero-order valence-corrected chi connectivity index (χ0v) is 21.7. The smallest absolute Gasteiger partial charge is 0.254 e. The Kier molecular flexibility index (Phi) is 9.00. The highest BCUT2D eigenvalue weighted by Crippen LogP contribution is 2.18. The first-order chi connectivity index (χ1) is 17.9. The van der Waals surface area contributed by atoms with Gasteiger partial charge in [-0.2, -0.15) is 5.10 Å². The minimum atomic E-state index is -0.624. The summed E-state index contributed by atoms with van der Waals surface area (Å²) in [5.74, 6) is 0.414. The number of aliphatic hydroxyl groups excluding tert-OH is 1. The molecule has 1 aliphatic heterocycles. The summed E-state index contributed by atoms with van der Waals surface area (Å²) in [4.78, 5) is 14.7. The number of hydrogen-bond acceptors (Lipinski definition) is 6. The number of amides is 1. The Morgan fingerprint density at radius 2 is 1.92 bits per heavy atom. The topological polar surface area (TPSA) is 88.9 Å². The van der Waals surface area contributed by atoms with E-state index in [4.69, 9.17) is 21.1 Å². The van der Waals surface area contributed by atoms with E-state index in [0.29, 0.717) is 48.3 Å². The van der Waals surface area contributed by atoms with Crippen LogP contribution in [0.3, 0.4) is 0 Å².